The quantitative estimate of drug-likeness (QED) is 0.647. The number of ether oxygens (including phenoxy) is 3. The Kier molecular flexibility index (Phi) is 8.07. The molecule has 156 valence electrons. The third-order valence-electron chi connectivity index (χ3n) is 4.70. The SMILES string of the molecule is CCc1ccc([C@H](NC(=O)COC(=O)c2c(OC)cccc2OC)C(C)C)cc1. The number of hydrogen-bond donors (Lipinski definition) is 1. The van der Waals surface area contributed by atoms with Gasteiger partial charge in [0.1, 0.15) is 17.1 Å². The van der Waals surface area contributed by atoms with Gasteiger partial charge in [-0.05, 0) is 35.6 Å². The van der Waals surface area contributed by atoms with E-state index in [-0.39, 0.29) is 23.4 Å². The Hall–Kier alpha value is -3.02. The van der Waals surface area contributed by atoms with Crippen LogP contribution >= 0.6 is 0 Å². The summed E-state index contributed by atoms with van der Waals surface area (Å²) in [6.45, 7) is 5.77. The van der Waals surface area contributed by atoms with Crippen LogP contribution in [-0.4, -0.2) is 32.7 Å². The van der Waals surface area contributed by atoms with Gasteiger partial charge in [-0.1, -0.05) is 51.1 Å². The second-order valence-electron chi connectivity index (χ2n) is 7.00. The van der Waals surface area contributed by atoms with Gasteiger partial charge in [0.15, 0.2) is 6.61 Å². The number of benzene rings is 2. The van der Waals surface area contributed by atoms with E-state index in [1.165, 1.54) is 19.8 Å². The molecule has 1 amide bonds. The predicted octanol–water partition coefficient (Wildman–Crippen LogP) is 3.94. The number of amides is 1. The number of carbonyl (C=O) groups is 2. The lowest BCUT2D eigenvalue weighted by Crippen LogP contribution is -2.35. The van der Waals surface area contributed by atoms with Crippen molar-refractivity contribution in [3.63, 3.8) is 0 Å². The Morgan fingerprint density at radius 1 is 0.966 bits per heavy atom. The summed E-state index contributed by atoms with van der Waals surface area (Å²) in [6, 6.07) is 13.0. The largest absolute Gasteiger partial charge is 0.496 e. The van der Waals surface area contributed by atoms with Gasteiger partial charge >= 0.3 is 5.97 Å². The summed E-state index contributed by atoms with van der Waals surface area (Å²) < 4.78 is 15.6. The maximum absolute atomic E-state index is 12.5. The number of esters is 1. The Bertz CT molecular complexity index is 807. The average molecular weight is 399 g/mol. The van der Waals surface area contributed by atoms with Gasteiger partial charge in [0.25, 0.3) is 5.91 Å². The summed E-state index contributed by atoms with van der Waals surface area (Å²) in [5.41, 5.74) is 2.41. The summed E-state index contributed by atoms with van der Waals surface area (Å²) in [4.78, 5) is 25.0. The second-order valence-corrected chi connectivity index (χ2v) is 7.00. The van der Waals surface area contributed by atoms with Crippen LogP contribution in [0.15, 0.2) is 42.5 Å². The fourth-order valence-corrected chi connectivity index (χ4v) is 3.07. The maximum Gasteiger partial charge on any atom is 0.346 e. The Morgan fingerprint density at radius 2 is 1.55 bits per heavy atom. The summed E-state index contributed by atoms with van der Waals surface area (Å²) in [5.74, 6) is -0.221. The molecule has 0 aliphatic rings. The van der Waals surface area contributed by atoms with Crippen molar-refractivity contribution in [1.82, 2.24) is 5.32 Å². The van der Waals surface area contributed by atoms with Crippen LogP contribution < -0.4 is 14.8 Å². The van der Waals surface area contributed by atoms with Crippen molar-refractivity contribution in [2.75, 3.05) is 20.8 Å². The molecule has 2 aromatic carbocycles. The highest BCUT2D eigenvalue weighted by Gasteiger charge is 2.22. The topological polar surface area (TPSA) is 73.9 Å². The van der Waals surface area contributed by atoms with Crippen molar-refractivity contribution >= 4 is 11.9 Å². The first-order valence-corrected chi connectivity index (χ1v) is 9.67. The number of hydrogen-bond acceptors (Lipinski definition) is 5. The van der Waals surface area contributed by atoms with Crippen molar-refractivity contribution in [3.8, 4) is 11.5 Å². The van der Waals surface area contributed by atoms with Crippen molar-refractivity contribution < 1.29 is 23.8 Å². The van der Waals surface area contributed by atoms with Gasteiger partial charge in [-0.2, -0.15) is 0 Å². The summed E-state index contributed by atoms with van der Waals surface area (Å²) in [7, 11) is 2.91. The molecule has 0 aliphatic heterocycles. The first kappa shape index (κ1) is 22.3. The van der Waals surface area contributed by atoms with Gasteiger partial charge in [-0.25, -0.2) is 4.79 Å². The third kappa shape index (κ3) is 5.73. The fraction of sp³-hybridized carbons (Fsp3) is 0.391. The Labute approximate surface area is 172 Å². The van der Waals surface area contributed by atoms with Crippen LogP contribution in [-0.2, 0) is 16.0 Å². The number of carbonyl (C=O) groups excluding carboxylic acids is 2. The summed E-state index contributed by atoms with van der Waals surface area (Å²) >= 11 is 0. The van der Waals surface area contributed by atoms with E-state index < -0.39 is 12.6 Å². The van der Waals surface area contributed by atoms with E-state index in [1.54, 1.807) is 18.2 Å². The zero-order valence-corrected chi connectivity index (χ0v) is 17.7. The molecule has 0 aliphatic carbocycles. The molecule has 6 nitrogen and oxygen atoms in total. The molecule has 0 fully saturated rings. The zero-order chi connectivity index (χ0) is 21.4. The maximum atomic E-state index is 12.5. The normalized spacial score (nSPS) is 11.7. The van der Waals surface area contributed by atoms with E-state index in [0.717, 1.165) is 12.0 Å². The predicted molar refractivity (Wildman–Crippen MR) is 111 cm³/mol. The van der Waals surface area contributed by atoms with Crippen molar-refractivity contribution in [2.24, 2.45) is 5.92 Å². The molecular weight excluding hydrogens is 370 g/mol. The molecule has 0 saturated carbocycles. The molecule has 0 spiro atoms. The zero-order valence-electron chi connectivity index (χ0n) is 17.7. The number of nitrogens with one attached hydrogen (secondary N) is 1. The number of methoxy groups -OCH3 is 2. The minimum absolute atomic E-state index is 0.154. The van der Waals surface area contributed by atoms with E-state index in [4.69, 9.17) is 14.2 Å². The van der Waals surface area contributed by atoms with Gasteiger partial charge in [-0.3, -0.25) is 4.79 Å². The molecule has 6 heteroatoms. The van der Waals surface area contributed by atoms with Gasteiger partial charge in [0.2, 0.25) is 0 Å². The fourth-order valence-electron chi connectivity index (χ4n) is 3.07. The lowest BCUT2D eigenvalue weighted by atomic mass is 9.95. The highest BCUT2D eigenvalue weighted by molar-refractivity contribution is 5.96. The van der Waals surface area contributed by atoms with Crippen LogP contribution in [0.3, 0.4) is 0 Å². The Morgan fingerprint density at radius 3 is 2.03 bits per heavy atom. The minimum Gasteiger partial charge on any atom is -0.496 e. The average Bonchev–Trinajstić information content (AvgIpc) is 2.74. The lowest BCUT2D eigenvalue weighted by molar-refractivity contribution is -0.125. The van der Waals surface area contributed by atoms with Crippen LogP contribution in [0.25, 0.3) is 0 Å². The number of aryl methyl sites for hydroxylation is 1. The molecule has 1 atom stereocenters. The summed E-state index contributed by atoms with van der Waals surface area (Å²) in [5, 5.41) is 2.96. The van der Waals surface area contributed by atoms with Gasteiger partial charge < -0.3 is 19.5 Å². The summed E-state index contributed by atoms with van der Waals surface area (Å²) in [6.07, 6.45) is 0.960. The van der Waals surface area contributed by atoms with Crippen LogP contribution in [0.1, 0.15) is 48.3 Å². The Balaban J connectivity index is 2.05. The second kappa shape index (κ2) is 10.5. The van der Waals surface area contributed by atoms with Gasteiger partial charge in [0, 0.05) is 0 Å². The van der Waals surface area contributed by atoms with E-state index in [1.807, 2.05) is 26.0 Å². The highest BCUT2D eigenvalue weighted by atomic mass is 16.5. The lowest BCUT2D eigenvalue weighted by Gasteiger charge is -2.23. The molecule has 1 N–H and O–H groups in total. The van der Waals surface area contributed by atoms with E-state index in [9.17, 15) is 9.59 Å². The van der Waals surface area contributed by atoms with Crippen molar-refractivity contribution in [3.05, 3.63) is 59.2 Å². The highest BCUT2D eigenvalue weighted by Crippen LogP contribution is 2.29. The first-order valence-electron chi connectivity index (χ1n) is 9.67. The van der Waals surface area contributed by atoms with E-state index in [0.29, 0.717) is 11.5 Å². The van der Waals surface area contributed by atoms with Crippen LogP contribution in [0.2, 0.25) is 0 Å². The molecule has 29 heavy (non-hydrogen) atoms. The van der Waals surface area contributed by atoms with Gasteiger partial charge in [0.05, 0.1) is 20.3 Å². The van der Waals surface area contributed by atoms with Crippen LogP contribution in [0.4, 0.5) is 0 Å². The molecule has 0 saturated heterocycles. The molecule has 2 aromatic rings. The molecule has 0 radical (unpaired) electrons. The smallest absolute Gasteiger partial charge is 0.346 e. The molecule has 0 heterocycles. The first-order chi connectivity index (χ1) is 13.9. The molecular formula is C23H29NO5. The third-order valence-corrected chi connectivity index (χ3v) is 4.70. The standard InChI is InChI=1S/C23H29NO5/c1-6-16-10-12-17(13-11-16)22(15(2)3)24-20(25)14-29-23(26)21-18(27-4)8-7-9-19(21)28-5/h7-13,15,22H,6,14H2,1-5H3,(H,24,25)/t22-/m1/s1. The minimum atomic E-state index is -0.678. The van der Waals surface area contributed by atoms with E-state index in [2.05, 4.69) is 24.4 Å². The van der Waals surface area contributed by atoms with Crippen molar-refractivity contribution in [1.29, 1.82) is 0 Å². The monoisotopic (exact) mass is 399 g/mol. The molecule has 2 rings (SSSR count). The number of rotatable bonds is 9. The van der Waals surface area contributed by atoms with Crippen LogP contribution in [0.5, 0.6) is 11.5 Å². The van der Waals surface area contributed by atoms with E-state index >= 15 is 0 Å². The molecule has 0 bridgehead atoms. The molecule has 0 unspecified atom stereocenters. The van der Waals surface area contributed by atoms with Crippen LogP contribution in [0, 0.1) is 5.92 Å². The van der Waals surface area contributed by atoms with Crippen molar-refractivity contribution in [2.45, 2.75) is 33.2 Å². The van der Waals surface area contributed by atoms with Gasteiger partial charge in [-0.15, -0.1) is 0 Å². The molecule has 0 aromatic heterocycles.